The lowest BCUT2D eigenvalue weighted by Gasteiger charge is -2.11. The van der Waals surface area contributed by atoms with Crippen molar-refractivity contribution in [3.8, 4) is 5.75 Å². The van der Waals surface area contributed by atoms with Crippen molar-refractivity contribution in [1.29, 1.82) is 0 Å². The van der Waals surface area contributed by atoms with Crippen LogP contribution in [-0.2, 0) is 13.6 Å². The Bertz CT molecular complexity index is 758. The van der Waals surface area contributed by atoms with E-state index in [2.05, 4.69) is 0 Å². The molecule has 2 rings (SSSR count). The van der Waals surface area contributed by atoms with Crippen molar-refractivity contribution in [2.24, 2.45) is 7.05 Å². The third-order valence-corrected chi connectivity index (χ3v) is 3.01. The number of nitrogens with zero attached hydrogens (tertiary/aromatic N) is 2. The summed E-state index contributed by atoms with van der Waals surface area (Å²) in [7, 11) is 3.06. The fourth-order valence-corrected chi connectivity index (χ4v) is 1.93. The molecule has 0 N–H and O–H groups in total. The van der Waals surface area contributed by atoms with E-state index in [0.717, 1.165) is 4.57 Å². The second kappa shape index (κ2) is 5.56. The highest BCUT2D eigenvalue weighted by atomic mass is 16.5. The molecule has 6 heteroatoms. The van der Waals surface area contributed by atoms with Gasteiger partial charge in [-0.15, -0.1) is 0 Å². The van der Waals surface area contributed by atoms with Crippen LogP contribution in [0.4, 0.5) is 0 Å². The number of hydrogen-bond acceptors (Lipinski definition) is 4. The van der Waals surface area contributed by atoms with Crippen molar-refractivity contribution in [3.05, 3.63) is 62.4 Å². The largest absolute Gasteiger partial charge is 0.496 e. The first-order chi connectivity index (χ1) is 9.56. The summed E-state index contributed by atoms with van der Waals surface area (Å²) < 4.78 is 7.59. The Kier molecular flexibility index (Phi) is 3.84. The minimum Gasteiger partial charge on any atom is -0.496 e. The quantitative estimate of drug-likeness (QED) is 0.757. The zero-order valence-corrected chi connectivity index (χ0v) is 11.2. The van der Waals surface area contributed by atoms with Crippen LogP contribution in [0.25, 0.3) is 0 Å². The van der Waals surface area contributed by atoms with Gasteiger partial charge in [-0.05, 0) is 18.2 Å². The molecule has 2 aromatic rings. The lowest BCUT2D eigenvalue weighted by atomic mass is 10.1. The normalized spacial score (nSPS) is 10.3. The molecule has 104 valence electrons. The number of carbonyl (C=O) groups is 1. The maximum absolute atomic E-state index is 12.0. The Hall–Kier alpha value is -2.63. The highest BCUT2D eigenvalue weighted by Gasteiger charge is 2.09. The topological polar surface area (TPSA) is 70.3 Å². The predicted molar refractivity (Wildman–Crippen MR) is 73.4 cm³/mol. The fourth-order valence-electron chi connectivity index (χ4n) is 1.93. The number of hydrogen-bond donors (Lipinski definition) is 0. The van der Waals surface area contributed by atoms with Crippen LogP contribution < -0.4 is 16.0 Å². The van der Waals surface area contributed by atoms with Crippen LogP contribution in [0, 0.1) is 0 Å². The summed E-state index contributed by atoms with van der Waals surface area (Å²) in [5, 5.41) is 0. The van der Waals surface area contributed by atoms with Gasteiger partial charge in [-0.2, -0.15) is 0 Å². The summed E-state index contributed by atoms with van der Waals surface area (Å²) in [4.78, 5) is 34.6. The van der Waals surface area contributed by atoms with E-state index in [0.29, 0.717) is 23.2 Å². The van der Waals surface area contributed by atoms with E-state index in [9.17, 15) is 14.4 Å². The van der Waals surface area contributed by atoms with Gasteiger partial charge in [0, 0.05) is 30.4 Å². The Labute approximate surface area is 114 Å². The Morgan fingerprint density at radius 3 is 2.65 bits per heavy atom. The van der Waals surface area contributed by atoms with E-state index < -0.39 is 11.2 Å². The van der Waals surface area contributed by atoms with Gasteiger partial charge in [-0.1, -0.05) is 0 Å². The van der Waals surface area contributed by atoms with Crippen molar-refractivity contribution in [3.63, 3.8) is 0 Å². The van der Waals surface area contributed by atoms with Crippen molar-refractivity contribution >= 4 is 6.29 Å². The number of benzene rings is 1. The number of aryl methyl sites for hydroxylation is 1. The highest BCUT2D eigenvalue weighted by molar-refractivity contribution is 5.75. The van der Waals surface area contributed by atoms with Crippen LogP contribution in [0.2, 0.25) is 0 Å². The summed E-state index contributed by atoms with van der Waals surface area (Å²) in [6, 6.07) is 6.17. The number of ether oxygens (including phenoxy) is 1. The first-order valence-corrected chi connectivity index (χ1v) is 5.95. The van der Waals surface area contributed by atoms with Crippen LogP contribution >= 0.6 is 0 Å². The molecule has 0 aliphatic heterocycles. The fraction of sp³-hybridized carbons (Fsp3) is 0.214. The molecule has 0 bridgehead atoms. The molecule has 0 fully saturated rings. The molecule has 1 heterocycles. The zero-order chi connectivity index (χ0) is 14.7. The van der Waals surface area contributed by atoms with Gasteiger partial charge in [-0.25, -0.2) is 4.79 Å². The molecular formula is C14H14N2O4. The van der Waals surface area contributed by atoms with Gasteiger partial charge in [0.2, 0.25) is 0 Å². The molecule has 0 unspecified atom stereocenters. The van der Waals surface area contributed by atoms with Crippen molar-refractivity contribution in [2.45, 2.75) is 6.54 Å². The first-order valence-electron chi connectivity index (χ1n) is 5.95. The van der Waals surface area contributed by atoms with Crippen molar-refractivity contribution < 1.29 is 9.53 Å². The zero-order valence-electron chi connectivity index (χ0n) is 11.2. The lowest BCUT2D eigenvalue weighted by molar-refractivity contribution is 0.112. The van der Waals surface area contributed by atoms with Crippen molar-refractivity contribution in [1.82, 2.24) is 9.13 Å². The molecule has 0 radical (unpaired) electrons. The number of aromatic nitrogens is 2. The Morgan fingerprint density at radius 1 is 1.25 bits per heavy atom. The Morgan fingerprint density at radius 2 is 2.00 bits per heavy atom. The van der Waals surface area contributed by atoms with E-state index in [1.165, 1.54) is 23.9 Å². The summed E-state index contributed by atoms with van der Waals surface area (Å²) in [6.45, 7) is 0.0528. The molecule has 0 saturated carbocycles. The highest BCUT2D eigenvalue weighted by Crippen LogP contribution is 2.19. The third kappa shape index (κ3) is 2.54. The van der Waals surface area contributed by atoms with Gasteiger partial charge in [0.05, 0.1) is 13.7 Å². The summed E-state index contributed by atoms with van der Waals surface area (Å²) in [6.07, 6.45) is 2.12. The van der Waals surface area contributed by atoms with E-state index in [-0.39, 0.29) is 6.54 Å². The second-order valence-corrected chi connectivity index (χ2v) is 4.32. The standard InChI is InChI=1S/C14H14N2O4/c1-15-6-5-13(18)16(14(15)19)8-11-7-10(9-17)3-4-12(11)20-2/h3-7,9H,8H2,1-2H3. The molecule has 0 saturated heterocycles. The van der Waals surface area contributed by atoms with E-state index >= 15 is 0 Å². The Balaban J connectivity index is 2.55. The molecule has 0 atom stereocenters. The van der Waals surface area contributed by atoms with Crippen LogP contribution in [0.1, 0.15) is 15.9 Å². The SMILES string of the molecule is COc1ccc(C=O)cc1Cn1c(=O)ccn(C)c1=O. The average Bonchev–Trinajstić information content (AvgIpc) is 2.47. The summed E-state index contributed by atoms with van der Waals surface area (Å²) >= 11 is 0. The van der Waals surface area contributed by atoms with E-state index in [1.54, 1.807) is 25.2 Å². The maximum atomic E-state index is 12.0. The number of methoxy groups -OCH3 is 1. The molecule has 0 aliphatic rings. The molecule has 0 amide bonds. The minimum absolute atomic E-state index is 0.0528. The van der Waals surface area contributed by atoms with Gasteiger partial charge in [-0.3, -0.25) is 14.2 Å². The summed E-state index contributed by atoms with van der Waals surface area (Å²) in [5.74, 6) is 0.522. The lowest BCUT2D eigenvalue weighted by Crippen LogP contribution is -2.38. The van der Waals surface area contributed by atoms with Gasteiger partial charge in [0.25, 0.3) is 5.56 Å². The average molecular weight is 274 g/mol. The second-order valence-electron chi connectivity index (χ2n) is 4.32. The number of carbonyl (C=O) groups excluding carboxylic acids is 1. The van der Waals surface area contributed by atoms with Crippen LogP contribution in [0.15, 0.2) is 40.1 Å². The first kappa shape index (κ1) is 13.8. The maximum Gasteiger partial charge on any atom is 0.331 e. The molecular weight excluding hydrogens is 260 g/mol. The number of rotatable bonds is 4. The van der Waals surface area contributed by atoms with Crippen LogP contribution in [-0.4, -0.2) is 22.5 Å². The molecule has 1 aromatic carbocycles. The van der Waals surface area contributed by atoms with Crippen LogP contribution in [0.5, 0.6) is 5.75 Å². The molecule has 6 nitrogen and oxygen atoms in total. The third-order valence-electron chi connectivity index (χ3n) is 3.01. The molecule has 20 heavy (non-hydrogen) atoms. The van der Waals surface area contributed by atoms with Gasteiger partial charge in [0.15, 0.2) is 0 Å². The molecule has 0 aliphatic carbocycles. The summed E-state index contributed by atoms with van der Waals surface area (Å²) in [5.41, 5.74) is 0.242. The smallest absolute Gasteiger partial charge is 0.331 e. The van der Waals surface area contributed by atoms with Gasteiger partial charge < -0.3 is 9.30 Å². The van der Waals surface area contributed by atoms with Gasteiger partial charge >= 0.3 is 5.69 Å². The molecule has 1 aromatic heterocycles. The van der Waals surface area contributed by atoms with E-state index in [4.69, 9.17) is 4.74 Å². The minimum atomic E-state index is -0.420. The van der Waals surface area contributed by atoms with E-state index in [1.807, 2.05) is 0 Å². The van der Waals surface area contributed by atoms with Gasteiger partial charge in [0.1, 0.15) is 12.0 Å². The number of aldehydes is 1. The van der Waals surface area contributed by atoms with Crippen LogP contribution in [0.3, 0.4) is 0 Å². The van der Waals surface area contributed by atoms with Crippen molar-refractivity contribution in [2.75, 3.05) is 7.11 Å². The predicted octanol–water partition coefficient (Wildman–Crippen LogP) is 0.416. The monoisotopic (exact) mass is 274 g/mol. The molecule has 0 spiro atoms.